The monoisotopic (exact) mass is 312 g/mol. The van der Waals surface area contributed by atoms with Crippen LogP contribution < -0.4 is 15.8 Å². The Morgan fingerprint density at radius 2 is 2.05 bits per heavy atom. The first-order valence-corrected chi connectivity index (χ1v) is 6.65. The summed E-state index contributed by atoms with van der Waals surface area (Å²) in [6.45, 7) is 5.76. The van der Waals surface area contributed by atoms with E-state index in [0.717, 1.165) is 5.75 Å². The molecule has 0 spiro atoms. The van der Waals surface area contributed by atoms with E-state index in [-0.39, 0.29) is 12.4 Å². The molecule has 0 atom stereocenters. The highest BCUT2D eigenvalue weighted by molar-refractivity contribution is 5.85. The molecule has 6 nitrogen and oxygen atoms in total. The van der Waals surface area contributed by atoms with E-state index in [9.17, 15) is 0 Å². The summed E-state index contributed by atoms with van der Waals surface area (Å²) in [6, 6.07) is 6.45. The van der Waals surface area contributed by atoms with Gasteiger partial charge < -0.3 is 20.2 Å². The molecule has 2 aromatic rings. The number of ether oxygens (including phenoxy) is 1. The molecule has 0 aliphatic rings. The molecule has 0 unspecified atom stereocenters. The molecule has 0 aliphatic heterocycles. The summed E-state index contributed by atoms with van der Waals surface area (Å²) >= 11 is 0. The van der Waals surface area contributed by atoms with Crippen molar-refractivity contribution in [1.29, 1.82) is 0 Å². The number of anilines is 1. The van der Waals surface area contributed by atoms with Gasteiger partial charge in [0.25, 0.3) is 0 Å². The number of aromatic nitrogens is 2. The first-order chi connectivity index (χ1) is 9.69. The molecule has 2 rings (SSSR count). The van der Waals surface area contributed by atoms with E-state index in [4.69, 9.17) is 14.9 Å². The Kier molecular flexibility index (Phi) is 6.98. The predicted octanol–water partition coefficient (Wildman–Crippen LogP) is 2.10. The number of nitrogens with zero attached hydrogens (tertiary/aromatic N) is 2. The SMILES string of the molecule is Cc1ccc(OCCNc2nnc(CCN)o2)cc1C.Cl. The van der Waals surface area contributed by atoms with Crippen molar-refractivity contribution in [2.75, 3.05) is 25.0 Å². The van der Waals surface area contributed by atoms with Gasteiger partial charge in [0, 0.05) is 13.0 Å². The van der Waals surface area contributed by atoms with Gasteiger partial charge in [-0.05, 0) is 37.1 Å². The van der Waals surface area contributed by atoms with Gasteiger partial charge in [-0.15, -0.1) is 17.5 Å². The minimum atomic E-state index is 0. The number of benzene rings is 1. The van der Waals surface area contributed by atoms with Crippen LogP contribution in [0.25, 0.3) is 0 Å². The van der Waals surface area contributed by atoms with Gasteiger partial charge in [-0.25, -0.2) is 0 Å². The summed E-state index contributed by atoms with van der Waals surface area (Å²) in [4.78, 5) is 0. The zero-order valence-corrected chi connectivity index (χ0v) is 13.1. The molecule has 0 amide bonds. The van der Waals surface area contributed by atoms with Crippen molar-refractivity contribution in [2.45, 2.75) is 20.3 Å². The van der Waals surface area contributed by atoms with Crippen molar-refractivity contribution in [3.63, 3.8) is 0 Å². The molecular weight excluding hydrogens is 292 g/mol. The number of halogens is 1. The van der Waals surface area contributed by atoms with Crippen molar-refractivity contribution < 1.29 is 9.15 Å². The largest absolute Gasteiger partial charge is 0.492 e. The normalized spacial score (nSPS) is 10.0. The third-order valence-corrected chi connectivity index (χ3v) is 2.95. The number of nitrogens with one attached hydrogen (secondary N) is 1. The lowest BCUT2D eigenvalue weighted by atomic mass is 10.1. The number of aryl methyl sites for hydroxylation is 2. The van der Waals surface area contributed by atoms with Crippen molar-refractivity contribution in [2.24, 2.45) is 5.73 Å². The van der Waals surface area contributed by atoms with Gasteiger partial charge in [-0.2, -0.15) is 0 Å². The Bertz CT molecular complexity index is 560. The lowest BCUT2D eigenvalue weighted by Gasteiger charge is -2.08. The maximum Gasteiger partial charge on any atom is 0.315 e. The molecule has 116 valence electrons. The van der Waals surface area contributed by atoms with Crippen LogP contribution in [0.15, 0.2) is 22.6 Å². The van der Waals surface area contributed by atoms with E-state index in [1.807, 2.05) is 12.1 Å². The van der Waals surface area contributed by atoms with Crippen LogP contribution in [0.5, 0.6) is 5.75 Å². The number of hydrogen-bond donors (Lipinski definition) is 2. The first kappa shape index (κ1) is 17.3. The molecule has 0 radical (unpaired) electrons. The van der Waals surface area contributed by atoms with Gasteiger partial charge in [0.15, 0.2) is 0 Å². The van der Waals surface area contributed by atoms with Crippen molar-refractivity contribution in [3.8, 4) is 5.75 Å². The zero-order valence-electron chi connectivity index (χ0n) is 12.3. The fourth-order valence-corrected chi connectivity index (χ4v) is 1.68. The van der Waals surface area contributed by atoms with Crippen LogP contribution in [0.2, 0.25) is 0 Å². The summed E-state index contributed by atoms with van der Waals surface area (Å²) in [5, 5.41) is 10.7. The minimum absolute atomic E-state index is 0. The summed E-state index contributed by atoms with van der Waals surface area (Å²) < 4.78 is 11.0. The molecule has 1 aromatic carbocycles. The highest BCUT2D eigenvalue weighted by atomic mass is 35.5. The second-order valence-electron chi connectivity index (χ2n) is 4.56. The topological polar surface area (TPSA) is 86.2 Å². The Morgan fingerprint density at radius 1 is 1.24 bits per heavy atom. The minimum Gasteiger partial charge on any atom is -0.492 e. The van der Waals surface area contributed by atoms with Crippen molar-refractivity contribution >= 4 is 18.4 Å². The highest BCUT2D eigenvalue weighted by Gasteiger charge is 2.04. The second-order valence-corrected chi connectivity index (χ2v) is 4.56. The van der Waals surface area contributed by atoms with Gasteiger partial charge in [-0.1, -0.05) is 11.2 Å². The molecule has 0 bridgehead atoms. The maximum atomic E-state index is 5.65. The van der Waals surface area contributed by atoms with Gasteiger partial charge in [0.1, 0.15) is 12.4 Å². The smallest absolute Gasteiger partial charge is 0.315 e. The highest BCUT2D eigenvalue weighted by Crippen LogP contribution is 2.16. The van der Waals surface area contributed by atoms with Crippen LogP contribution in [0, 0.1) is 13.8 Å². The molecule has 0 fully saturated rings. The fourth-order valence-electron chi connectivity index (χ4n) is 1.68. The van der Waals surface area contributed by atoms with E-state index in [1.54, 1.807) is 0 Å². The standard InChI is InChI=1S/C14H20N4O2.ClH/c1-10-3-4-12(9-11(10)2)19-8-7-16-14-18-17-13(20-14)5-6-15;/h3-4,9H,5-8,15H2,1-2H3,(H,16,18);1H. The van der Waals surface area contributed by atoms with E-state index in [1.165, 1.54) is 11.1 Å². The van der Waals surface area contributed by atoms with Crippen LogP contribution in [-0.2, 0) is 6.42 Å². The average Bonchev–Trinajstić information content (AvgIpc) is 2.87. The molecular formula is C14H21ClN4O2. The van der Waals surface area contributed by atoms with E-state index in [0.29, 0.717) is 38.0 Å². The summed E-state index contributed by atoms with van der Waals surface area (Å²) in [6.07, 6.45) is 0.591. The van der Waals surface area contributed by atoms with Crippen LogP contribution in [0.4, 0.5) is 6.01 Å². The van der Waals surface area contributed by atoms with Gasteiger partial charge >= 0.3 is 6.01 Å². The molecule has 1 heterocycles. The molecule has 21 heavy (non-hydrogen) atoms. The van der Waals surface area contributed by atoms with Crippen molar-refractivity contribution in [1.82, 2.24) is 10.2 Å². The Morgan fingerprint density at radius 3 is 2.76 bits per heavy atom. The molecule has 3 N–H and O–H groups in total. The van der Waals surface area contributed by atoms with E-state index >= 15 is 0 Å². The summed E-state index contributed by atoms with van der Waals surface area (Å²) in [5.41, 5.74) is 7.89. The van der Waals surface area contributed by atoms with Crippen LogP contribution in [0.3, 0.4) is 0 Å². The van der Waals surface area contributed by atoms with Gasteiger partial charge in [0.05, 0.1) is 6.54 Å². The predicted molar refractivity (Wildman–Crippen MR) is 84.2 cm³/mol. The van der Waals surface area contributed by atoms with Crippen LogP contribution in [-0.4, -0.2) is 29.9 Å². The first-order valence-electron chi connectivity index (χ1n) is 6.65. The molecule has 0 saturated carbocycles. The number of hydrogen-bond acceptors (Lipinski definition) is 6. The molecule has 0 aliphatic carbocycles. The molecule has 0 saturated heterocycles. The third kappa shape index (κ3) is 5.24. The molecule has 7 heteroatoms. The molecule has 1 aromatic heterocycles. The number of rotatable bonds is 7. The average molecular weight is 313 g/mol. The van der Waals surface area contributed by atoms with E-state index in [2.05, 4.69) is 35.4 Å². The quantitative estimate of drug-likeness (QED) is 0.761. The van der Waals surface area contributed by atoms with Crippen LogP contribution in [0.1, 0.15) is 17.0 Å². The fraction of sp³-hybridized carbons (Fsp3) is 0.429. The third-order valence-electron chi connectivity index (χ3n) is 2.95. The lowest BCUT2D eigenvalue weighted by Crippen LogP contribution is -2.11. The van der Waals surface area contributed by atoms with E-state index < -0.39 is 0 Å². The number of nitrogens with two attached hydrogens (primary N) is 1. The van der Waals surface area contributed by atoms with Crippen molar-refractivity contribution in [3.05, 3.63) is 35.2 Å². The van der Waals surface area contributed by atoms with Gasteiger partial charge in [0.2, 0.25) is 5.89 Å². The summed E-state index contributed by atoms with van der Waals surface area (Å²) in [7, 11) is 0. The Labute approximate surface area is 130 Å². The maximum absolute atomic E-state index is 5.65. The Balaban J connectivity index is 0.00000220. The Hall–Kier alpha value is -1.79. The lowest BCUT2D eigenvalue weighted by molar-refractivity contribution is 0.331. The summed E-state index contributed by atoms with van der Waals surface area (Å²) in [5.74, 6) is 1.41. The van der Waals surface area contributed by atoms with Gasteiger partial charge in [-0.3, -0.25) is 0 Å². The van der Waals surface area contributed by atoms with Crippen LogP contribution >= 0.6 is 12.4 Å². The zero-order chi connectivity index (χ0) is 14.4. The second kappa shape index (κ2) is 8.49.